The summed E-state index contributed by atoms with van der Waals surface area (Å²) < 4.78 is 18.5. The van der Waals surface area contributed by atoms with E-state index in [4.69, 9.17) is 9.84 Å². The SMILES string of the molecule is Oc1ccc(C(O)COc2ccccc2F)cc1. The lowest BCUT2D eigenvalue weighted by Gasteiger charge is -2.13. The molecule has 1 atom stereocenters. The zero-order valence-corrected chi connectivity index (χ0v) is 9.58. The number of aliphatic hydroxyl groups is 1. The lowest BCUT2D eigenvalue weighted by atomic mass is 10.1. The van der Waals surface area contributed by atoms with Crippen molar-refractivity contribution in [1.29, 1.82) is 0 Å². The van der Waals surface area contributed by atoms with Crippen molar-refractivity contribution >= 4 is 0 Å². The summed E-state index contributed by atoms with van der Waals surface area (Å²) >= 11 is 0. The molecule has 0 aliphatic rings. The molecular formula is C14H13FO3. The van der Waals surface area contributed by atoms with Crippen molar-refractivity contribution in [3.8, 4) is 11.5 Å². The van der Waals surface area contributed by atoms with Crippen LogP contribution in [0.25, 0.3) is 0 Å². The number of ether oxygens (including phenoxy) is 1. The van der Waals surface area contributed by atoms with Crippen molar-refractivity contribution in [2.75, 3.05) is 6.61 Å². The number of rotatable bonds is 4. The zero-order valence-electron chi connectivity index (χ0n) is 9.58. The molecule has 3 nitrogen and oxygen atoms in total. The Labute approximate surface area is 104 Å². The van der Waals surface area contributed by atoms with Gasteiger partial charge in [0.2, 0.25) is 0 Å². The van der Waals surface area contributed by atoms with Crippen LogP contribution in [0.4, 0.5) is 4.39 Å². The normalized spacial score (nSPS) is 12.1. The number of halogens is 1. The van der Waals surface area contributed by atoms with Gasteiger partial charge in [-0.25, -0.2) is 4.39 Å². The number of aromatic hydroxyl groups is 1. The van der Waals surface area contributed by atoms with Crippen LogP contribution in [-0.4, -0.2) is 16.8 Å². The highest BCUT2D eigenvalue weighted by atomic mass is 19.1. The van der Waals surface area contributed by atoms with Crippen molar-refractivity contribution in [2.24, 2.45) is 0 Å². The van der Waals surface area contributed by atoms with E-state index in [9.17, 15) is 9.50 Å². The number of hydrogen-bond donors (Lipinski definition) is 2. The Hall–Kier alpha value is -2.07. The second kappa shape index (κ2) is 5.51. The topological polar surface area (TPSA) is 49.7 Å². The third-order valence-corrected chi connectivity index (χ3v) is 2.51. The van der Waals surface area contributed by atoms with Crippen molar-refractivity contribution < 1.29 is 19.3 Å². The average Bonchev–Trinajstić information content (AvgIpc) is 2.38. The summed E-state index contributed by atoms with van der Waals surface area (Å²) in [6, 6.07) is 12.1. The molecule has 0 saturated carbocycles. The summed E-state index contributed by atoms with van der Waals surface area (Å²) in [7, 11) is 0. The van der Waals surface area contributed by atoms with Gasteiger partial charge in [-0.2, -0.15) is 0 Å². The van der Waals surface area contributed by atoms with Gasteiger partial charge in [0.05, 0.1) is 0 Å². The maximum atomic E-state index is 13.3. The molecule has 0 fully saturated rings. The zero-order chi connectivity index (χ0) is 13.0. The summed E-state index contributed by atoms with van der Waals surface area (Å²) in [5.74, 6) is -0.230. The molecule has 94 valence electrons. The van der Waals surface area contributed by atoms with Crippen LogP contribution in [0, 0.1) is 5.82 Å². The minimum Gasteiger partial charge on any atom is -0.508 e. The lowest BCUT2D eigenvalue weighted by Crippen LogP contribution is -2.10. The van der Waals surface area contributed by atoms with Crippen LogP contribution in [0.15, 0.2) is 48.5 Å². The highest BCUT2D eigenvalue weighted by molar-refractivity contribution is 5.28. The number of phenolic OH excluding ortho intramolecular Hbond substituents is 1. The molecule has 2 aromatic rings. The summed E-state index contributed by atoms with van der Waals surface area (Å²) in [4.78, 5) is 0. The van der Waals surface area contributed by atoms with Crippen LogP contribution < -0.4 is 4.74 Å². The molecule has 0 saturated heterocycles. The first-order chi connectivity index (χ1) is 8.66. The van der Waals surface area contributed by atoms with Crippen LogP contribution >= 0.6 is 0 Å². The average molecular weight is 248 g/mol. The molecule has 0 bridgehead atoms. The van der Waals surface area contributed by atoms with E-state index in [-0.39, 0.29) is 18.1 Å². The molecule has 0 heterocycles. The fourth-order valence-corrected chi connectivity index (χ4v) is 1.52. The van der Waals surface area contributed by atoms with Crippen molar-refractivity contribution in [1.82, 2.24) is 0 Å². The van der Waals surface area contributed by atoms with Crippen molar-refractivity contribution in [2.45, 2.75) is 6.10 Å². The Balaban J connectivity index is 1.98. The highest BCUT2D eigenvalue weighted by Gasteiger charge is 2.10. The molecular weight excluding hydrogens is 235 g/mol. The van der Waals surface area contributed by atoms with Crippen LogP contribution in [0.2, 0.25) is 0 Å². The molecule has 18 heavy (non-hydrogen) atoms. The van der Waals surface area contributed by atoms with Gasteiger partial charge in [0, 0.05) is 0 Å². The summed E-state index contributed by atoms with van der Waals surface area (Å²) in [6.07, 6.45) is -0.870. The van der Waals surface area contributed by atoms with E-state index in [0.717, 1.165) is 0 Å². The lowest BCUT2D eigenvalue weighted by molar-refractivity contribution is 0.106. The van der Waals surface area contributed by atoms with Gasteiger partial charge in [-0.1, -0.05) is 24.3 Å². The Morgan fingerprint density at radius 2 is 1.72 bits per heavy atom. The van der Waals surface area contributed by atoms with Crippen LogP contribution in [0.5, 0.6) is 11.5 Å². The Bertz CT molecular complexity index is 511. The van der Waals surface area contributed by atoms with E-state index >= 15 is 0 Å². The van der Waals surface area contributed by atoms with Gasteiger partial charge in [-0.3, -0.25) is 0 Å². The minimum atomic E-state index is -0.870. The monoisotopic (exact) mass is 248 g/mol. The molecule has 4 heteroatoms. The standard InChI is InChI=1S/C14H13FO3/c15-12-3-1-2-4-14(12)18-9-13(17)10-5-7-11(16)8-6-10/h1-8,13,16-17H,9H2. The number of aliphatic hydroxyl groups excluding tert-OH is 1. The molecule has 0 radical (unpaired) electrons. The molecule has 0 amide bonds. The van der Waals surface area contributed by atoms with Crippen LogP contribution in [0.1, 0.15) is 11.7 Å². The van der Waals surface area contributed by atoms with E-state index in [1.807, 2.05) is 0 Å². The molecule has 0 spiro atoms. The van der Waals surface area contributed by atoms with Gasteiger partial charge in [0.25, 0.3) is 0 Å². The third-order valence-electron chi connectivity index (χ3n) is 2.51. The molecule has 2 aromatic carbocycles. The smallest absolute Gasteiger partial charge is 0.165 e. The van der Waals surface area contributed by atoms with Gasteiger partial charge >= 0.3 is 0 Å². The second-order valence-corrected chi connectivity index (χ2v) is 3.85. The predicted octanol–water partition coefficient (Wildman–Crippen LogP) is 2.64. The fraction of sp³-hybridized carbons (Fsp3) is 0.143. The molecule has 0 aliphatic heterocycles. The second-order valence-electron chi connectivity index (χ2n) is 3.85. The summed E-state index contributed by atoms with van der Waals surface area (Å²) in [5.41, 5.74) is 0.601. The maximum Gasteiger partial charge on any atom is 0.165 e. The van der Waals surface area contributed by atoms with E-state index < -0.39 is 11.9 Å². The Morgan fingerprint density at radius 3 is 2.39 bits per heavy atom. The van der Waals surface area contributed by atoms with Gasteiger partial charge < -0.3 is 14.9 Å². The number of phenols is 1. The largest absolute Gasteiger partial charge is 0.508 e. The molecule has 0 aliphatic carbocycles. The van der Waals surface area contributed by atoms with E-state index in [1.165, 1.54) is 24.3 Å². The minimum absolute atomic E-state index is 0.0499. The van der Waals surface area contributed by atoms with Crippen molar-refractivity contribution in [3.05, 3.63) is 59.9 Å². The van der Waals surface area contributed by atoms with Gasteiger partial charge in [0.1, 0.15) is 18.5 Å². The predicted molar refractivity (Wildman–Crippen MR) is 65.0 cm³/mol. The fourth-order valence-electron chi connectivity index (χ4n) is 1.52. The quantitative estimate of drug-likeness (QED) is 0.874. The first-order valence-corrected chi connectivity index (χ1v) is 5.51. The number of benzene rings is 2. The maximum absolute atomic E-state index is 13.3. The number of para-hydroxylation sites is 1. The van der Waals surface area contributed by atoms with Crippen molar-refractivity contribution in [3.63, 3.8) is 0 Å². The van der Waals surface area contributed by atoms with E-state index in [0.29, 0.717) is 5.56 Å². The summed E-state index contributed by atoms with van der Waals surface area (Å²) in [5, 5.41) is 19.0. The molecule has 2 rings (SSSR count). The van der Waals surface area contributed by atoms with Crippen LogP contribution in [-0.2, 0) is 0 Å². The summed E-state index contributed by atoms with van der Waals surface area (Å²) in [6.45, 7) is -0.0499. The first-order valence-electron chi connectivity index (χ1n) is 5.51. The van der Waals surface area contributed by atoms with Gasteiger partial charge in [-0.05, 0) is 29.8 Å². The first kappa shape index (κ1) is 12.4. The van der Waals surface area contributed by atoms with Crippen LogP contribution in [0.3, 0.4) is 0 Å². The molecule has 1 unspecified atom stereocenters. The Morgan fingerprint density at radius 1 is 1.06 bits per heavy atom. The van der Waals surface area contributed by atoms with E-state index in [1.54, 1.807) is 24.3 Å². The third kappa shape index (κ3) is 2.99. The van der Waals surface area contributed by atoms with Gasteiger partial charge in [-0.15, -0.1) is 0 Å². The van der Waals surface area contributed by atoms with Gasteiger partial charge in [0.15, 0.2) is 11.6 Å². The molecule has 0 aromatic heterocycles. The van der Waals surface area contributed by atoms with E-state index in [2.05, 4.69) is 0 Å². The highest BCUT2D eigenvalue weighted by Crippen LogP contribution is 2.20. The Kier molecular flexibility index (Phi) is 3.79. The molecule has 2 N–H and O–H groups in total. The number of hydrogen-bond acceptors (Lipinski definition) is 3.